The highest BCUT2D eigenvalue weighted by Crippen LogP contribution is 2.35. The molecule has 7 heteroatoms. The Kier molecular flexibility index (Phi) is 6.99. The summed E-state index contributed by atoms with van der Waals surface area (Å²) >= 11 is 1.09. The van der Waals surface area contributed by atoms with E-state index in [0.717, 1.165) is 17.8 Å². The van der Waals surface area contributed by atoms with Crippen LogP contribution in [0.3, 0.4) is 0 Å². The molecule has 1 atom stereocenters. The lowest BCUT2D eigenvalue weighted by Gasteiger charge is -2.16. The molecule has 1 rings (SSSR count). The largest absolute Gasteiger partial charge is 0.416 e. The molecule has 0 saturated carbocycles. The van der Waals surface area contributed by atoms with Gasteiger partial charge in [-0.2, -0.15) is 13.2 Å². The Hall–Kier alpha value is -0.760. The highest BCUT2D eigenvalue weighted by Gasteiger charge is 2.33. The zero-order valence-electron chi connectivity index (χ0n) is 11.9. The molecule has 0 fully saturated rings. The van der Waals surface area contributed by atoms with Gasteiger partial charge in [-0.25, -0.2) is 0 Å². The van der Waals surface area contributed by atoms with Gasteiger partial charge in [0.05, 0.1) is 18.3 Å². The van der Waals surface area contributed by atoms with Crippen molar-refractivity contribution < 1.29 is 23.4 Å². The number of rotatable bonds is 7. The van der Waals surface area contributed by atoms with Crippen molar-refractivity contribution in [3.63, 3.8) is 0 Å². The molecule has 21 heavy (non-hydrogen) atoms. The van der Waals surface area contributed by atoms with Crippen LogP contribution in [0.4, 0.5) is 13.2 Å². The fraction of sp³-hybridized carbons (Fsp3) is 0.571. The number of aliphatic hydroxyl groups is 2. The van der Waals surface area contributed by atoms with Crippen LogP contribution in [0, 0.1) is 0 Å². The minimum atomic E-state index is -4.42. The fourth-order valence-electron chi connectivity index (χ4n) is 1.62. The minimum absolute atomic E-state index is 0.0971. The van der Waals surface area contributed by atoms with Crippen molar-refractivity contribution in [2.24, 2.45) is 0 Å². The summed E-state index contributed by atoms with van der Waals surface area (Å²) in [6.45, 7) is 3.48. The summed E-state index contributed by atoms with van der Waals surface area (Å²) in [5, 5.41) is 20.9. The van der Waals surface area contributed by atoms with E-state index in [1.807, 2.05) is 13.8 Å². The molecule has 3 N–H and O–H groups in total. The lowest BCUT2D eigenvalue weighted by atomic mass is 10.1. The molecule has 0 bridgehead atoms. The Balaban J connectivity index is 2.91. The van der Waals surface area contributed by atoms with Crippen LogP contribution in [-0.2, 0) is 12.7 Å². The maximum atomic E-state index is 13.1. The van der Waals surface area contributed by atoms with Gasteiger partial charge in [0.25, 0.3) is 0 Å². The summed E-state index contributed by atoms with van der Waals surface area (Å²) in [4.78, 5) is 0.420. The van der Waals surface area contributed by atoms with Crippen LogP contribution >= 0.6 is 11.8 Å². The molecule has 120 valence electrons. The van der Waals surface area contributed by atoms with E-state index in [1.54, 1.807) is 6.07 Å². The number of hydrogen-bond acceptors (Lipinski definition) is 4. The van der Waals surface area contributed by atoms with E-state index in [0.29, 0.717) is 4.90 Å². The average molecular weight is 323 g/mol. The van der Waals surface area contributed by atoms with Crippen molar-refractivity contribution in [1.29, 1.82) is 0 Å². The second-order valence-corrected chi connectivity index (χ2v) is 6.09. The number of alkyl halides is 3. The van der Waals surface area contributed by atoms with Crippen molar-refractivity contribution in [3.8, 4) is 0 Å². The SMILES string of the molecule is CC(C)NCc1ccc(SCC(O)CO)cc1C(F)(F)F. The van der Waals surface area contributed by atoms with Crippen LogP contribution in [0.1, 0.15) is 25.0 Å². The summed E-state index contributed by atoms with van der Waals surface area (Å²) in [6.07, 6.45) is -5.35. The molecule has 1 aromatic rings. The predicted molar refractivity (Wildman–Crippen MR) is 77.2 cm³/mol. The first-order valence-corrected chi connectivity index (χ1v) is 7.57. The van der Waals surface area contributed by atoms with Crippen molar-refractivity contribution >= 4 is 11.8 Å². The first-order valence-electron chi connectivity index (χ1n) is 6.59. The molecule has 0 aliphatic carbocycles. The summed E-state index contributed by atoms with van der Waals surface area (Å²) in [5.41, 5.74) is -0.470. The smallest absolute Gasteiger partial charge is 0.394 e. The van der Waals surface area contributed by atoms with Crippen molar-refractivity contribution in [2.45, 2.75) is 43.6 Å². The third-order valence-corrected chi connectivity index (χ3v) is 3.88. The molecule has 1 aromatic carbocycles. The van der Waals surface area contributed by atoms with Gasteiger partial charge >= 0.3 is 6.18 Å². The first-order chi connectivity index (χ1) is 9.74. The van der Waals surface area contributed by atoms with Gasteiger partial charge in [0.2, 0.25) is 0 Å². The lowest BCUT2D eigenvalue weighted by molar-refractivity contribution is -0.138. The molecule has 0 aliphatic heterocycles. The van der Waals surface area contributed by atoms with Gasteiger partial charge in [0, 0.05) is 23.2 Å². The molecule has 0 amide bonds. The second-order valence-electron chi connectivity index (χ2n) is 5.00. The van der Waals surface area contributed by atoms with Crippen LogP contribution < -0.4 is 5.32 Å². The molecule has 0 heterocycles. The molecule has 0 aliphatic rings. The number of hydrogen-bond donors (Lipinski definition) is 3. The van der Waals surface area contributed by atoms with Gasteiger partial charge in [-0.15, -0.1) is 11.8 Å². The topological polar surface area (TPSA) is 52.5 Å². The fourth-order valence-corrected chi connectivity index (χ4v) is 2.48. The molecular formula is C14H20F3NO2S. The van der Waals surface area contributed by atoms with E-state index in [9.17, 15) is 18.3 Å². The van der Waals surface area contributed by atoms with E-state index < -0.39 is 24.5 Å². The quantitative estimate of drug-likeness (QED) is 0.675. The normalized spacial score (nSPS) is 13.7. The Morgan fingerprint density at radius 3 is 2.48 bits per heavy atom. The summed E-state index contributed by atoms with van der Waals surface area (Å²) in [5.74, 6) is 0.150. The summed E-state index contributed by atoms with van der Waals surface area (Å²) in [6, 6.07) is 4.24. The average Bonchev–Trinajstić information content (AvgIpc) is 2.41. The van der Waals surface area contributed by atoms with Crippen molar-refractivity contribution in [3.05, 3.63) is 29.3 Å². The second kappa shape index (κ2) is 8.03. The molecule has 1 unspecified atom stereocenters. The maximum Gasteiger partial charge on any atom is 0.416 e. The number of benzene rings is 1. The highest BCUT2D eigenvalue weighted by molar-refractivity contribution is 7.99. The van der Waals surface area contributed by atoms with Crippen LogP contribution in [0.2, 0.25) is 0 Å². The van der Waals surface area contributed by atoms with E-state index >= 15 is 0 Å². The van der Waals surface area contributed by atoms with Gasteiger partial charge in [-0.1, -0.05) is 19.9 Å². The minimum Gasteiger partial charge on any atom is -0.394 e. The van der Waals surface area contributed by atoms with Crippen molar-refractivity contribution in [1.82, 2.24) is 5.32 Å². The third kappa shape index (κ3) is 6.25. The lowest BCUT2D eigenvalue weighted by Crippen LogP contribution is -2.24. The zero-order chi connectivity index (χ0) is 16.0. The van der Waals surface area contributed by atoms with E-state index in [-0.39, 0.29) is 23.9 Å². The molecule has 0 spiro atoms. The van der Waals surface area contributed by atoms with Crippen LogP contribution in [0.15, 0.2) is 23.1 Å². The summed E-state index contributed by atoms with van der Waals surface area (Å²) < 4.78 is 39.3. The molecule has 3 nitrogen and oxygen atoms in total. The maximum absolute atomic E-state index is 13.1. The van der Waals surface area contributed by atoms with Gasteiger partial charge in [-0.05, 0) is 17.7 Å². The summed E-state index contributed by atoms with van der Waals surface area (Å²) in [7, 11) is 0. The highest BCUT2D eigenvalue weighted by atomic mass is 32.2. The van der Waals surface area contributed by atoms with Gasteiger partial charge in [-0.3, -0.25) is 0 Å². The zero-order valence-corrected chi connectivity index (χ0v) is 12.8. The van der Waals surface area contributed by atoms with Crippen molar-refractivity contribution in [2.75, 3.05) is 12.4 Å². The van der Waals surface area contributed by atoms with E-state index in [4.69, 9.17) is 5.11 Å². The number of halogens is 3. The standard InChI is InChI=1S/C14H20F3NO2S/c1-9(2)18-6-10-3-4-12(21-8-11(20)7-19)5-13(10)14(15,16)17/h3-5,9,11,18-20H,6-8H2,1-2H3. The van der Waals surface area contributed by atoms with E-state index in [2.05, 4.69) is 5.32 Å². The van der Waals surface area contributed by atoms with Gasteiger partial charge in [0.15, 0.2) is 0 Å². The predicted octanol–water partition coefficient (Wildman–Crippen LogP) is 2.65. The molecular weight excluding hydrogens is 303 g/mol. The Labute approximate surface area is 126 Å². The molecule has 0 saturated heterocycles. The van der Waals surface area contributed by atoms with Crippen LogP contribution in [0.25, 0.3) is 0 Å². The van der Waals surface area contributed by atoms with Crippen LogP contribution in [-0.4, -0.2) is 34.7 Å². The van der Waals surface area contributed by atoms with E-state index in [1.165, 1.54) is 6.07 Å². The number of aliphatic hydroxyl groups excluding tert-OH is 2. The number of nitrogens with one attached hydrogen (secondary N) is 1. The monoisotopic (exact) mass is 323 g/mol. The van der Waals surface area contributed by atoms with Gasteiger partial charge < -0.3 is 15.5 Å². The van der Waals surface area contributed by atoms with Gasteiger partial charge in [0.1, 0.15) is 0 Å². The Bertz CT molecular complexity index is 452. The Morgan fingerprint density at radius 1 is 1.29 bits per heavy atom. The molecule has 0 aromatic heterocycles. The molecule has 0 radical (unpaired) electrons. The Morgan fingerprint density at radius 2 is 1.95 bits per heavy atom. The van der Waals surface area contributed by atoms with Crippen LogP contribution in [0.5, 0.6) is 0 Å². The first kappa shape index (κ1) is 18.3. The third-order valence-electron chi connectivity index (χ3n) is 2.74. The number of thioether (sulfide) groups is 1.